The van der Waals surface area contributed by atoms with Crippen LogP contribution in [0.1, 0.15) is 13.8 Å². The Morgan fingerprint density at radius 2 is 2.00 bits per heavy atom. The predicted octanol–water partition coefficient (Wildman–Crippen LogP) is -0.465. The van der Waals surface area contributed by atoms with Crippen LogP contribution in [0.25, 0.3) is 0 Å². The van der Waals surface area contributed by atoms with E-state index in [1.165, 1.54) is 7.11 Å². The summed E-state index contributed by atoms with van der Waals surface area (Å²) in [4.78, 5) is 23.7. The number of nitrogens with one attached hydrogen (secondary N) is 2. The third-order valence-corrected chi connectivity index (χ3v) is 3.21. The molecule has 1 aliphatic heterocycles. The fraction of sp³-hybridized carbons (Fsp3) is 0.833. The Morgan fingerprint density at radius 3 is 2.50 bits per heavy atom. The number of methoxy groups -OCH3 is 1. The highest BCUT2D eigenvalue weighted by Gasteiger charge is 2.35. The highest BCUT2D eigenvalue weighted by atomic mass is 16.5. The summed E-state index contributed by atoms with van der Waals surface area (Å²) in [6.45, 7) is 4.62. The van der Waals surface area contributed by atoms with E-state index in [2.05, 4.69) is 15.4 Å². The first kappa shape index (κ1) is 14.9. The van der Waals surface area contributed by atoms with Gasteiger partial charge in [0.15, 0.2) is 0 Å². The number of carbonyl (C=O) groups excluding carboxylic acids is 2. The van der Waals surface area contributed by atoms with Crippen molar-refractivity contribution < 1.29 is 19.1 Å². The van der Waals surface area contributed by atoms with Crippen LogP contribution in [0, 0.1) is 11.8 Å². The molecule has 0 aromatic carbocycles. The monoisotopic (exact) mass is 258 g/mol. The second kappa shape index (κ2) is 6.70. The van der Waals surface area contributed by atoms with E-state index in [1.54, 1.807) is 7.05 Å². The van der Waals surface area contributed by atoms with Gasteiger partial charge in [0.2, 0.25) is 5.91 Å². The minimum absolute atomic E-state index is 0.00420. The maximum absolute atomic E-state index is 12.1. The predicted molar refractivity (Wildman–Crippen MR) is 65.9 cm³/mol. The molecule has 0 saturated carbocycles. The molecule has 0 spiro atoms. The molecule has 0 aromatic heterocycles. The van der Waals surface area contributed by atoms with Crippen LogP contribution in [0.4, 0.5) is 0 Å². The summed E-state index contributed by atoms with van der Waals surface area (Å²) in [5.74, 6) is -0.869. The molecule has 1 saturated heterocycles. The molecule has 3 unspecified atom stereocenters. The van der Waals surface area contributed by atoms with Crippen LogP contribution in [-0.2, 0) is 19.1 Å². The van der Waals surface area contributed by atoms with E-state index in [1.807, 2.05) is 13.8 Å². The Morgan fingerprint density at radius 1 is 1.33 bits per heavy atom. The Hall–Kier alpha value is -1.14. The maximum atomic E-state index is 12.1. The van der Waals surface area contributed by atoms with E-state index < -0.39 is 12.0 Å². The minimum Gasteiger partial charge on any atom is -0.467 e. The lowest BCUT2D eigenvalue weighted by Gasteiger charge is -2.23. The van der Waals surface area contributed by atoms with E-state index in [0.29, 0.717) is 13.2 Å². The van der Waals surface area contributed by atoms with Gasteiger partial charge in [0.05, 0.1) is 26.2 Å². The summed E-state index contributed by atoms with van der Waals surface area (Å²) in [7, 11) is 3.11. The van der Waals surface area contributed by atoms with Crippen LogP contribution in [0.2, 0.25) is 0 Å². The van der Waals surface area contributed by atoms with Crippen LogP contribution in [0.15, 0.2) is 0 Å². The molecule has 6 heteroatoms. The molecule has 0 radical (unpaired) electrons. The summed E-state index contributed by atoms with van der Waals surface area (Å²) < 4.78 is 9.96. The molecule has 1 rings (SSSR count). The number of hydrogen-bond donors (Lipinski definition) is 2. The molecule has 6 nitrogen and oxygen atoms in total. The number of carbonyl (C=O) groups is 2. The first-order valence-corrected chi connectivity index (χ1v) is 6.14. The Bertz CT molecular complexity index is 306. The van der Waals surface area contributed by atoms with E-state index in [0.717, 1.165) is 0 Å². The molecule has 1 fully saturated rings. The first-order chi connectivity index (χ1) is 8.51. The van der Waals surface area contributed by atoms with Crippen molar-refractivity contribution in [1.82, 2.24) is 10.6 Å². The van der Waals surface area contributed by atoms with Gasteiger partial charge in [-0.1, -0.05) is 13.8 Å². The largest absolute Gasteiger partial charge is 0.467 e. The average Bonchev–Trinajstić information content (AvgIpc) is 2.82. The average molecular weight is 258 g/mol. The topological polar surface area (TPSA) is 76.7 Å². The highest BCUT2D eigenvalue weighted by Crippen LogP contribution is 2.15. The Balaban J connectivity index is 2.63. The maximum Gasteiger partial charge on any atom is 0.328 e. The lowest BCUT2D eigenvalue weighted by atomic mass is 9.99. The van der Waals surface area contributed by atoms with Gasteiger partial charge in [0, 0.05) is 6.04 Å². The summed E-state index contributed by atoms with van der Waals surface area (Å²) in [5, 5.41) is 5.78. The molecule has 18 heavy (non-hydrogen) atoms. The van der Waals surface area contributed by atoms with Gasteiger partial charge in [0.1, 0.15) is 6.04 Å². The normalized spacial score (nSPS) is 24.9. The number of ether oxygens (including phenoxy) is 2. The molecule has 0 aromatic rings. The van der Waals surface area contributed by atoms with Crippen molar-refractivity contribution in [3.63, 3.8) is 0 Å². The molecule has 3 atom stereocenters. The van der Waals surface area contributed by atoms with Crippen molar-refractivity contribution >= 4 is 11.9 Å². The van der Waals surface area contributed by atoms with Gasteiger partial charge in [-0.3, -0.25) is 4.79 Å². The third kappa shape index (κ3) is 3.43. The summed E-state index contributed by atoms with van der Waals surface area (Å²) >= 11 is 0. The summed E-state index contributed by atoms with van der Waals surface area (Å²) in [6, 6.07) is -0.615. The SMILES string of the molecule is CNC1COCC1C(=O)NC(C(=O)OC)C(C)C. The minimum atomic E-state index is -0.611. The van der Waals surface area contributed by atoms with Crippen molar-refractivity contribution in [2.24, 2.45) is 11.8 Å². The van der Waals surface area contributed by atoms with Gasteiger partial charge in [0.25, 0.3) is 0 Å². The smallest absolute Gasteiger partial charge is 0.328 e. The number of amides is 1. The van der Waals surface area contributed by atoms with Gasteiger partial charge in [-0.2, -0.15) is 0 Å². The van der Waals surface area contributed by atoms with Gasteiger partial charge in [-0.15, -0.1) is 0 Å². The third-order valence-electron chi connectivity index (χ3n) is 3.21. The standard InChI is InChI=1S/C12H22N2O4/c1-7(2)10(12(16)17-4)14-11(15)8-5-18-6-9(8)13-3/h7-10,13H,5-6H2,1-4H3,(H,14,15). The molecule has 0 aliphatic carbocycles. The summed E-state index contributed by atoms with van der Waals surface area (Å²) in [5.41, 5.74) is 0. The van der Waals surface area contributed by atoms with Gasteiger partial charge >= 0.3 is 5.97 Å². The number of likely N-dealkylation sites (N-methyl/N-ethyl adjacent to an activating group) is 1. The highest BCUT2D eigenvalue weighted by molar-refractivity contribution is 5.86. The lowest BCUT2D eigenvalue weighted by molar-refractivity contribution is -0.147. The van der Waals surface area contributed by atoms with E-state index in [-0.39, 0.29) is 23.8 Å². The second-order valence-corrected chi connectivity index (χ2v) is 4.79. The van der Waals surface area contributed by atoms with Crippen LogP contribution >= 0.6 is 0 Å². The molecule has 104 valence electrons. The zero-order valence-corrected chi connectivity index (χ0v) is 11.4. The number of esters is 1. The molecule has 1 amide bonds. The first-order valence-electron chi connectivity index (χ1n) is 6.14. The Labute approximate surface area is 107 Å². The second-order valence-electron chi connectivity index (χ2n) is 4.79. The molecule has 2 N–H and O–H groups in total. The lowest BCUT2D eigenvalue weighted by Crippen LogP contribution is -2.50. The van der Waals surface area contributed by atoms with E-state index >= 15 is 0 Å². The fourth-order valence-corrected chi connectivity index (χ4v) is 1.98. The quantitative estimate of drug-likeness (QED) is 0.652. The van der Waals surface area contributed by atoms with Gasteiger partial charge in [-0.05, 0) is 13.0 Å². The molecular weight excluding hydrogens is 236 g/mol. The molecule has 1 aliphatic rings. The van der Waals surface area contributed by atoms with Crippen molar-refractivity contribution in [2.75, 3.05) is 27.4 Å². The molecule has 1 heterocycles. The van der Waals surface area contributed by atoms with Crippen molar-refractivity contribution in [1.29, 1.82) is 0 Å². The van der Waals surface area contributed by atoms with E-state index in [4.69, 9.17) is 4.74 Å². The van der Waals surface area contributed by atoms with Crippen molar-refractivity contribution in [3.8, 4) is 0 Å². The van der Waals surface area contributed by atoms with Crippen LogP contribution < -0.4 is 10.6 Å². The zero-order valence-electron chi connectivity index (χ0n) is 11.4. The molecule has 0 bridgehead atoms. The van der Waals surface area contributed by atoms with Crippen molar-refractivity contribution in [3.05, 3.63) is 0 Å². The fourth-order valence-electron chi connectivity index (χ4n) is 1.98. The van der Waals surface area contributed by atoms with Crippen LogP contribution in [0.5, 0.6) is 0 Å². The van der Waals surface area contributed by atoms with Gasteiger partial charge < -0.3 is 20.1 Å². The number of hydrogen-bond acceptors (Lipinski definition) is 5. The van der Waals surface area contributed by atoms with Crippen molar-refractivity contribution in [2.45, 2.75) is 25.9 Å². The van der Waals surface area contributed by atoms with Gasteiger partial charge in [-0.25, -0.2) is 4.79 Å². The zero-order chi connectivity index (χ0) is 13.7. The molecular formula is C12H22N2O4. The Kier molecular flexibility index (Phi) is 5.55. The van der Waals surface area contributed by atoms with Crippen LogP contribution in [-0.4, -0.2) is 51.3 Å². The van der Waals surface area contributed by atoms with Crippen LogP contribution in [0.3, 0.4) is 0 Å². The van der Waals surface area contributed by atoms with E-state index in [9.17, 15) is 9.59 Å². The summed E-state index contributed by atoms with van der Waals surface area (Å²) in [6.07, 6.45) is 0. The number of rotatable bonds is 5.